The maximum atomic E-state index is 14.6. The molecule has 2 rings (SSSR count). The first-order chi connectivity index (χ1) is 25.5. The van der Waals surface area contributed by atoms with Gasteiger partial charge in [-0.25, -0.2) is 18.0 Å². The van der Waals surface area contributed by atoms with Crippen molar-refractivity contribution in [2.24, 2.45) is 5.92 Å². The second-order valence-corrected chi connectivity index (χ2v) is 30.5. The largest absolute Gasteiger partial charge is 0.509 e. The van der Waals surface area contributed by atoms with Crippen molar-refractivity contribution < 1.29 is 51.2 Å². The Morgan fingerprint density at radius 3 is 1.98 bits per heavy atom. The van der Waals surface area contributed by atoms with Crippen molar-refractivity contribution >= 4 is 44.1 Å². The first-order valence-electron chi connectivity index (χ1n) is 18.8. The highest BCUT2D eigenvalue weighted by atomic mass is 32.2. The molecule has 16 heteroatoms. The number of carbonyl (C=O) groups is 2. The molecule has 1 amide bonds. The van der Waals surface area contributed by atoms with Crippen LogP contribution in [0.4, 0.5) is 15.3 Å². The second kappa shape index (κ2) is 22.1. The van der Waals surface area contributed by atoms with Crippen LogP contribution in [0.3, 0.4) is 0 Å². The van der Waals surface area contributed by atoms with E-state index < -0.39 is 56.2 Å². The summed E-state index contributed by atoms with van der Waals surface area (Å²) in [5, 5.41) is 2.57. The van der Waals surface area contributed by atoms with Gasteiger partial charge in [0.05, 0.1) is 17.7 Å². The number of methoxy groups -OCH3 is 1. The maximum absolute atomic E-state index is 14.6. The minimum atomic E-state index is -4.26. The van der Waals surface area contributed by atoms with Crippen LogP contribution in [0.1, 0.15) is 40.2 Å². The van der Waals surface area contributed by atoms with Gasteiger partial charge in [-0.3, -0.25) is 5.32 Å². The topological polar surface area (TPSA) is 148 Å². The highest BCUT2D eigenvalue weighted by Crippen LogP contribution is 2.31. The molecule has 2 atom stereocenters. The number of sulfonamides is 1. The monoisotopic (exact) mass is 826 g/mol. The van der Waals surface area contributed by atoms with Gasteiger partial charge in [-0.05, 0) is 62.5 Å². The van der Waals surface area contributed by atoms with Crippen LogP contribution in [0.2, 0.25) is 51.4 Å². The Balaban J connectivity index is 2.55. The molecule has 0 saturated heterocycles. The Kier molecular flexibility index (Phi) is 19.3. The van der Waals surface area contributed by atoms with Crippen molar-refractivity contribution in [3.8, 4) is 5.75 Å². The van der Waals surface area contributed by atoms with Gasteiger partial charge in [0.15, 0.2) is 6.79 Å². The molecule has 0 heterocycles. The van der Waals surface area contributed by atoms with Gasteiger partial charge in [0.1, 0.15) is 30.4 Å². The molecule has 0 saturated carbocycles. The quantitative estimate of drug-likeness (QED) is 0.0498. The van der Waals surface area contributed by atoms with E-state index in [2.05, 4.69) is 44.6 Å². The van der Waals surface area contributed by atoms with Crippen molar-refractivity contribution in [1.29, 1.82) is 0 Å². The van der Waals surface area contributed by atoms with E-state index in [0.29, 0.717) is 13.2 Å². The Hall–Kier alpha value is -3.00. The summed E-state index contributed by atoms with van der Waals surface area (Å²) < 4.78 is 70.5. The first kappa shape index (κ1) is 48.2. The minimum absolute atomic E-state index is 0.0880. The van der Waals surface area contributed by atoms with Crippen LogP contribution < -0.4 is 10.1 Å². The number of amides is 1. The fourth-order valence-electron chi connectivity index (χ4n) is 4.97. The average molecular weight is 827 g/mol. The van der Waals surface area contributed by atoms with Gasteiger partial charge in [0, 0.05) is 48.9 Å². The molecule has 0 aliphatic carbocycles. The van der Waals surface area contributed by atoms with E-state index in [1.54, 1.807) is 20.8 Å². The first-order valence-corrected chi connectivity index (χ1v) is 27.7. The van der Waals surface area contributed by atoms with Crippen molar-refractivity contribution in [2.45, 2.75) is 115 Å². The van der Waals surface area contributed by atoms with Crippen LogP contribution in [0.15, 0.2) is 53.4 Å². The zero-order valence-corrected chi connectivity index (χ0v) is 37.9. The molecule has 2 aromatic rings. The number of anilines is 1. The number of benzene rings is 2. The van der Waals surface area contributed by atoms with Gasteiger partial charge in [-0.15, -0.1) is 0 Å². The molecule has 0 spiro atoms. The number of carbonyl (C=O) groups excluding carboxylic acids is 2. The van der Waals surface area contributed by atoms with Crippen molar-refractivity contribution in [3.05, 3.63) is 54.1 Å². The molecule has 55 heavy (non-hydrogen) atoms. The fraction of sp³-hybridized carbons (Fsp3) is 0.641. The third-order valence-electron chi connectivity index (χ3n) is 7.95. The lowest BCUT2D eigenvalue weighted by Gasteiger charge is -2.33. The number of nitrogens with one attached hydrogen (secondary N) is 1. The standard InChI is InChI=1S/C39H66N2O11SSi2/c1-30(2)26-41(53(44,45)32-18-19-34(33(25-32)40-37(42)46-6)49-28-47-20-22-54(7,8)9)27-36(50-29-48-21-23-55(10,11)12)35(24-31-16-14-13-15-17-31)51-38(43)52-39(3,4)5/h13-19,25,30,35-36H,20-24,26-29H2,1-12H3,(H,40,42)/t35-,36+/m0/s1. The molecule has 0 radical (unpaired) electrons. The zero-order chi connectivity index (χ0) is 41.5. The molecule has 0 aliphatic rings. The van der Waals surface area contributed by atoms with E-state index in [-0.39, 0.29) is 55.3 Å². The van der Waals surface area contributed by atoms with Crippen molar-refractivity contribution in [2.75, 3.05) is 52.3 Å². The summed E-state index contributed by atoms with van der Waals surface area (Å²) in [6.45, 7) is 23.1. The molecular weight excluding hydrogens is 761 g/mol. The van der Waals surface area contributed by atoms with Crippen LogP contribution in [0.5, 0.6) is 5.75 Å². The van der Waals surface area contributed by atoms with Crippen LogP contribution in [-0.2, 0) is 44.9 Å². The van der Waals surface area contributed by atoms with Crippen LogP contribution in [0.25, 0.3) is 0 Å². The van der Waals surface area contributed by atoms with Crippen LogP contribution >= 0.6 is 0 Å². The molecule has 0 aliphatic heterocycles. The highest BCUT2D eigenvalue weighted by Gasteiger charge is 2.36. The van der Waals surface area contributed by atoms with Crippen LogP contribution in [-0.4, -0.2) is 106 Å². The predicted molar refractivity (Wildman–Crippen MR) is 221 cm³/mol. The molecule has 0 fully saturated rings. The normalized spacial score (nSPS) is 13.7. The van der Waals surface area contributed by atoms with Gasteiger partial charge >= 0.3 is 12.2 Å². The molecule has 312 valence electrons. The van der Waals surface area contributed by atoms with E-state index in [4.69, 9.17) is 33.2 Å². The smallest absolute Gasteiger partial charge is 0.465 e. The summed E-state index contributed by atoms with van der Waals surface area (Å²) in [7, 11) is -5.78. The SMILES string of the molecule is COC(=O)Nc1cc(S(=O)(=O)N(CC(C)C)C[C@@H](OCOCC[Si](C)(C)C)[C@H](Cc2ccccc2)OC(=O)OC(C)(C)C)ccc1OCOCC[Si](C)(C)C. The number of rotatable bonds is 23. The average Bonchev–Trinajstić information content (AvgIpc) is 3.05. The van der Waals surface area contributed by atoms with Gasteiger partial charge in [-0.2, -0.15) is 4.31 Å². The van der Waals surface area contributed by atoms with Crippen molar-refractivity contribution in [1.82, 2.24) is 4.31 Å². The summed E-state index contributed by atoms with van der Waals surface area (Å²) >= 11 is 0. The summed E-state index contributed by atoms with van der Waals surface area (Å²) in [5.41, 5.74) is 0.107. The maximum Gasteiger partial charge on any atom is 0.509 e. The molecule has 2 aromatic carbocycles. The summed E-state index contributed by atoms with van der Waals surface area (Å²) in [6, 6.07) is 15.5. The molecular formula is C39H66N2O11SSi2. The predicted octanol–water partition coefficient (Wildman–Crippen LogP) is 8.46. The number of hydrogen-bond donors (Lipinski definition) is 1. The van der Waals surface area contributed by atoms with E-state index in [1.807, 2.05) is 44.2 Å². The lowest BCUT2D eigenvalue weighted by atomic mass is 10.0. The summed E-state index contributed by atoms with van der Waals surface area (Å²) in [6.07, 6.45) is -3.43. The number of ether oxygens (including phenoxy) is 7. The van der Waals surface area contributed by atoms with Gasteiger partial charge in [0.25, 0.3) is 0 Å². The number of hydrogen-bond acceptors (Lipinski definition) is 11. The highest BCUT2D eigenvalue weighted by molar-refractivity contribution is 7.89. The van der Waals surface area contributed by atoms with Gasteiger partial charge in [0.2, 0.25) is 10.0 Å². The minimum Gasteiger partial charge on any atom is -0.465 e. The van der Waals surface area contributed by atoms with E-state index in [1.165, 1.54) is 29.6 Å². The molecule has 1 N–H and O–H groups in total. The van der Waals surface area contributed by atoms with Crippen LogP contribution in [0, 0.1) is 5.92 Å². The molecule has 0 aromatic heterocycles. The Morgan fingerprint density at radius 1 is 0.836 bits per heavy atom. The lowest BCUT2D eigenvalue weighted by Crippen LogP contribution is -2.47. The fourth-order valence-corrected chi connectivity index (χ4v) is 8.12. The zero-order valence-electron chi connectivity index (χ0n) is 35.1. The second-order valence-electron chi connectivity index (χ2n) is 17.3. The Labute approximate surface area is 331 Å². The van der Waals surface area contributed by atoms with Gasteiger partial charge in [-0.1, -0.05) is 83.5 Å². The summed E-state index contributed by atoms with van der Waals surface area (Å²) in [5.74, 6) is 0.101. The number of nitrogens with zero attached hydrogens (tertiary/aromatic N) is 1. The molecule has 0 unspecified atom stereocenters. The van der Waals surface area contributed by atoms with Crippen molar-refractivity contribution in [3.63, 3.8) is 0 Å². The summed E-state index contributed by atoms with van der Waals surface area (Å²) in [4.78, 5) is 25.4. The third kappa shape index (κ3) is 19.6. The molecule has 13 nitrogen and oxygen atoms in total. The van der Waals surface area contributed by atoms with E-state index in [0.717, 1.165) is 17.7 Å². The van der Waals surface area contributed by atoms with E-state index in [9.17, 15) is 18.0 Å². The molecule has 0 bridgehead atoms. The lowest BCUT2D eigenvalue weighted by molar-refractivity contribution is -0.135. The van der Waals surface area contributed by atoms with E-state index >= 15 is 0 Å². The Bertz CT molecular complexity index is 1570. The Morgan fingerprint density at radius 2 is 1.44 bits per heavy atom. The van der Waals surface area contributed by atoms with Gasteiger partial charge < -0.3 is 33.2 Å². The third-order valence-corrected chi connectivity index (χ3v) is 13.2.